The molecule has 0 heterocycles. The van der Waals surface area contributed by atoms with Crippen LogP contribution in [-0.4, -0.2) is 48.9 Å². The molecule has 7 heavy (non-hydrogen) atoms. The van der Waals surface area contributed by atoms with Gasteiger partial charge in [-0.25, -0.2) is 0 Å². The van der Waals surface area contributed by atoms with Crippen molar-refractivity contribution in [3.05, 3.63) is 0 Å². The summed E-state index contributed by atoms with van der Waals surface area (Å²) in [6.45, 7) is 0. The standard InChI is InChI=1S/Ba.Eu.5FH/h;;5*1H/q+2;+3;;;;;/p-5. The first-order valence-electron chi connectivity index (χ1n) is 0. The third kappa shape index (κ3) is 51.8. The Morgan fingerprint density at radius 2 is 0.429 bits per heavy atom. The molecule has 0 fully saturated rings. The molecule has 0 unspecified atom stereocenters. The van der Waals surface area contributed by atoms with Crippen molar-refractivity contribution in [2.24, 2.45) is 0 Å². The van der Waals surface area contributed by atoms with Gasteiger partial charge in [-0.3, -0.25) is 0 Å². The molecule has 0 aliphatic rings. The van der Waals surface area contributed by atoms with Crippen LogP contribution in [0.3, 0.4) is 0 Å². The van der Waals surface area contributed by atoms with Crippen LogP contribution in [0.15, 0.2) is 0 Å². The van der Waals surface area contributed by atoms with Crippen molar-refractivity contribution >= 4 is 48.9 Å². The van der Waals surface area contributed by atoms with Crippen LogP contribution >= 0.6 is 0 Å². The predicted molar refractivity (Wildman–Crippen MR) is 5.75 cm³/mol. The Kier molecular flexibility index (Phi) is 940. The van der Waals surface area contributed by atoms with Gasteiger partial charge in [0.1, 0.15) is 0 Å². The molecule has 7 heteroatoms. The molecule has 0 nitrogen and oxygen atoms in total. The van der Waals surface area contributed by atoms with Crippen LogP contribution in [0.4, 0.5) is 0 Å². The Balaban J connectivity index is 0. The third-order valence-electron chi connectivity index (χ3n) is 0. The Bertz CT molecular complexity index is 8.04. The molecule has 0 amide bonds. The largest absolute Gasteiger partial charge is 3.00 e. The van der Waals surface area contributed by atoms with E-state index in [-0.39, 0.29) is 122 Å². The summed E-state index contributed by atoms with van der Waals surface area (Å²) >= 11 is 0. The van der Waals surface area contributed by atoms with E-state index in [2.05, 4.69) is 0 Å². The van der Waals surface area contributed by atoms with E-state index in [1.54, 1.807) is 0 Å². The molecule has 0 aromatic rings. The Morgan fingerprint density at radius 1 is 0.429 bits per heavy atom. The SMILES string of the molecule is [Ba+2].[Eu+3].[F-].[F-].[F-].[F-].[F-]. The zero-order chi connectivity index (χ0) is 0. The fraction of sp³-hybridized carbons (Fsp3) is 0. The fourth-order valence-corrected chi connectivity index (χ4v) is 0. The minimum absolute atomic E-state index is 0. The van der Waals surface area contributed by atoms with Gasteiger partial charge in [-0.2, -0.15) is 0 Å². The Morgan fingerprint density at radius 3 is 0.429 bits per heavy atom. The maximum absolute atomic E-state index is 0. The average molecular weight is 384 g/mol. The third-order valence-corrected chi connectivity index (χ3v) is 0. The molecular weight excluding hydrogens is 384 g/mol. The van der Waals surface area contributed by atoms with E-state index in [9.17, 15) is 0 Å². The summed E-state index contributed by atoms with van der Waals surface area (Å²) < 4.78 is 0. The number of halogens is 5. The molecule has 0 saturated carbocycles. The molecule has 0 aromatic carbocycles. The average Bonchev–Trinajstić information content (AvgIpc) is 0. The summed E-state index contributed by atoms with van der Waals surface area (Å²) in [6, 6.07) is 0. The second-order valence-corrected chi connectivity index (χ2v) is 0. The van der Waals surface area contributed by atoms with Crippen LogP contribution in [0.1, 0.15) is 0 Å². The van der Waals surface area contributed by atoms with E-state index in [4.69, 9.17) is 0 Å². The summed E-state index contributed by atoms with van der Waals surface area (Å²) in [5.74, 6) is 0. The minimum atomic E-state index is 0. The molecular formula is BaEuF5. The molecule has 0 bridgehead atoms. The molecule has 0 rings (SSSR count). The van der Waals surface area contributed by atoms with Gasteiger partial charge in [0.05, 0.1) is 0 Å². The number of hydrogen-bond acceptors (Lipinski definition) is 0. The van der Waals surface area contributed by atoms with Crippen molar-refractivity contribution < 1.29 is 72.9 Å². The number of hydrogen-bond donors (Lipinski definition) is 0. The molecule has 0 aliphatic carbocycles. The second-order valence-electron chi connectivity index (χ2n) is 0. The van der Waals surface area contributed by atoms with E-state index in [0.29, 0.717) is 0 Å². The van der Waals surface area contributed by atoms with Crippen molar-refractivity contribution in [3.8, 4) is 0 Å². The van der Waals surface area contributed by atoms with Crippen molar-refractivity contribution in [1.29, 1.82) is 0 Å². The van der Waals surface area contributed by atoms with Gasteiger partial charge in [0.25, 0.3) is 0 Å². The van der Waals surface area contributed by atoms with Crippen molar-refractivity contribution in [2.45, 2.75) is 0 Å². The Hall–Kier alpha value is 2.81. The van der Waals surface area contributed by atoms with Crippen LogP contribution in [0.25, 0.3) is 0 Å². The van der Waals surface area contributed by atoms with Crippen LogP contribution in [0.5, 0.6) is 0 Å². The van der Waals surface area contributed by atoms with Gasteiger partial charge in [-0.1, -0.05) is 0 Å². The summed E-state index contributed by atoms with van der Waals surface area (Å²) in [6.07, 6.45) is 0. The van der Waals surface area contributed by atoms with Crippen LogP contribution < -0.4 is 23.5 Å². The molecule has 0 radical (unpaired) electrons. The molecule has 0 saturated heterocycles. The zero-order valence-corrected chi connectivity index (χ0v) is 9.84. The fourth-order valence-electron chi connectivity index (χ4n) is 0. The summed E-state index contributed by atoms with van der Waals surface area (Å²) in [7, 11) is 0. The smallest absolute Gasteiger partial charge is 1.00 e. The maximum atomic E-state index is 0. The monoisotopic (exact) mass is 386 g/mol. The molecule has 0 N–H and O–H groups in total. The molecule has 44 valence electrons. The maximum Gasteiger partial charge on any atom is 3.00 e. The Labute approximate surface area is 119 Å². The van der Waals surface area contributed by atoms with Gasteiger partial charge in [0.15, 0.2) is 0 Å². The van der Waals surface area contributed by atoms with E-state index < -0.39 is 0 Å². The molecule has 0 aromatic heterocycles. The van der Waals surface area contributed by atoms with Crippen LogP contribution in [0.2, 0.25) is 0 Å². The predicted octanol–water partition coefficient (Wildman–Crippen LogP) is -15.4. The van der Waals surface area contributed by atoms with Gasteiger partial charge >= 0.3 is 98.3 Å². The summed E-state index contributed by atoms with van der Waals surface area (Å²) in [5.41, 5.74) is 0. The summed E-state index contributed by atoms with van der Waals surface area (Å²) in [5, 5.41) is 0. The van der Waals surface area contributed by atoms with Crippen molar-refractivity contribution in [2.75, 3.05) is 0 Å². The van der Waals surface area contributed by atoms with Crippen LogP contribution in [-0.2, 0) is 0 Å². The van der Waals surface area contributed by atoms with Crippen molar-refractivity contribution in [1.82, 2.24) is 0 Å². The number of rotatable bonds is 0. The normalized spacial score (nSPS) is 0. The quantitative estimate of drug-likeness (QED) is 0.288. The first-order chi connectivity index (χ1) is 0. The molecule has 0 spiro atoms. The van der Waals surface area contributed by atoms with E-state index in [0.717, 1.165) is 0 Å². The second kappa shape index (κ2) is 68.2. The van der Waals surface area contributed by atoms with E-state index >= 15 is 0 Å². The zero-order valence-electron chi connectivity index (χ0n) is 2.97. The topological polar surface area (TPSA) is 0 Å². The molecule has 0 aliphatic heterocycles. The van der Waals surface area contributed by atoms with Crippen LogP contribution in [0, 0.1) is 49.4 Å². The molecule has 0 atom stereocenters. The van der Waals surface area contributed by atoms with Gasteiger partial charge in [-0.05, 0) is 0 Å². The first kappa shape index (κ1) is 96.6. The minimum Gasteiger partial charge on any atom is -1.00 e. The first-order valence-corrected chi connectivity index (χ1v) is 0. The van der Waals surface area contributed by atoms with Gasteiger partial charge < -0.3 is 23.5 Å². The summed E-state index contributed by atoms with van der Waals surface area (Å²) in [4.78, 5) is 0. The van der Waals surface area contributed by atoms with Crippen molar-refractivity contribution in [3.63, 3.8) is 0 Å². The van der Waals surface area contributed by atoms with Gasteiger partial charge in [-0.15, -0.1) is 0 Å². The van der Waals surface area contributed by atoms with E-state index in [1.807, 2.05) is 0 Å². The van der Waals surface area contributed by atoms with E-state index in [1.165, 1.54) is 0 Å². The van der Waals surface area contributed by atoms with Gasteiger partial charge in [0, 0.05) is 0 Å². The van der Waals surface area contributed by atoms with Gasteiger partial charge in [0.2, 0.25) is 0 Å².